The fraction of sp³-hybridized carbons (Fsp3) is 0.450. The summed E-state index contributed by atoms with van der Waals surface area (Å²) in [5, 5.41) is 6.60. The van der Waals surface area contributed by atoms with Crippen LogP contribution in [0.5, 0.6) is 0 Å². The van der Waals surface area contributed by atoms with Crippen LogP contribution in [-0.4, -0.2) is 43.7 Å². The van der Waals surface area contributed by atoms with E-state index < -0.39 is 0 Å². The first-order valence-electron chi connectivity index (χ1n) is 9.26. The zero-order chi connectivity index (χ0) is 18.0. The summed E-state index contributed by atoms with van der Waals surface area (Å²) < 4.78 is 10.8. The van der Waals surface area contributed by atoms with E-state index in [9.17, 15) is 0 Å². The van der Waals surface area contributed by atoms with Gasteiger partial charge in [-0.1, -0.05) is 24.3 Å². The molecule has 140 valence electrons. The Bertz CT molecular complexity index is 679. The average Bonchev–Trinajstić information content (AvgIpc) is 3.19. The third kappa shape index (κ3) is 5.61. The normalized spacial score (nSPS) is 15.8. The molecule has 1 saturated heterocycles. The molecule has 2 heterocycles. The van der Waals surface area contributed by atoms with Gasteiger partial charge in [0.25, 0.3) is 0 Å². The zero-order valence-corrected chi connectivity index (χ0v) is 15.4. The molecule has 2 N–H and O–H groups in total. The van der Waals surface area contributed by atoms with Crippen molar-refractivity contribution in [3.8, 4) is 0 Å². The third-order valence-corrected chi connectivity index (χ3v) is 4.38. The van der Waals surface area contributed by atoms with Crippen LogP contribution >= 0.6 is 0 Å². The van der Waals surface area contributed by atoms with Gasteiger partial charge in [-0.3, -0.25) is 4.90 Å². The van der Waals surface area contributed by atoms with E-state index in [4.69, 9.17) is 14.1 Å². The summed E-state index contributed by atoms with van der Waals surface area (Å²) in [6.45, 7) is 8.72. The number of hydrogen-bond acceptors (Lipinski definition) is 4. The fourth-order valence-electron chi connectivity index (χ4n) is 2.96. The Balaban J connectivity index is 1.62. The predicted octanol–water partition coefficient (Wildman–Crippen LogP) is 2.37. The Morgan fingerprint density at radius 2 is 1.88 bits per heavy atom. The van der Waals surface area contributed by atoms with E-state index in [1.54, 1.807) is 6.26 Å². The minimum Gasteiger partial charge on any atom is -0.467 e. The van der Waals surface area contributed by atoms with Gasteiger partial charge in [-0.25, -0.2) is 4.99 Å². The molecule has 0 spiro atoms. The van der Waals surface area contributed by atoms with E-state index >= 15 is 0 Å². The van der Waals surface area contributed by atoms with Gasteiger partial charge in [0.05, 0.1) is 32.6 Å². The predicted molar refractivity (Wildman–Crippen MR) is 103 cm³/mol. The molecule has 0 unspecified atom stereocenters. The second-order valence-electron chi connectivity index (χ2n) is 6.29. The summed E-state index contributed by atoms with van der Waals surface area (Å²) in [6, 6.07) is 12.4. The van der Waals surface area contributed by atoms with Crippen molar-refractivity contribution in [2.45, 2.75) is 26.6 Å². The van der Waals surface area contributed by atoms with Gasteiger partial charge in [-0.15, -0.1) is 0 Å². The van der Waals surface area contributed by atoms with Crippen LogP contribution in [-0.2, 0) is 24.4 Å². The lowest BCUT2D eigenvalue weighted by Crippen LogP contribution is -2.37. The van der Waals surface area contributed by atoms with E-state index in [1.807, 2.05) is 12.1 Å². The van der Waals surface area contributed by atoms with Crippen LogP contribution in [0.15, 0.2) is 52.1 Å². The van der Waals surface area contributed by atoms with E-state index in [1.165, 1.54) is 11.1 Å². The second-order valence-corrected chi connectivity index (χ2v) is 6.29. The lowest BCUT2D eigenvalue weighted by atomic mass is 10.1. The molecule has 0 bridgehead atoms. The lowest BCUT2D eigenvalue weighted by molar-refractivity contribution is 0.0341. The molecule has 1 aliphatic rings. The van der Waals surface area contributed by atoms with Crippen LogP contribution in [0.25, 0.3) is 0 Å². The highest BCUT2D eigenvalue weighted by molar-refractivity contribution is 5.79. The number of nitrogens with one attached hydrogen (secondary N) is 2. The molecule has 1 aromatic carbocycles. The topological polar surface area (TPSA) is 62.0 Å². The zero-order valence-electron chi connectivity index (χ0n) is 15.4. The number of hydrogen-bond donors (Lipinski definition) is 2. The minimum atomic E-state index is 0.619. The van der Waals surface area contributed by atoms with Crippen LogP contribution in [0.2, 0.25) is 0 Å². The maximum absolute atomic E-state index is 5.44. The molecule has 0 atom stereocenters. The molecule has 1 aromatic heterocycles. The third-order valence-electron chi connectivity index (χ3n) is 4.38. The molecule has 6 nitrogen and oxygen atoms in total. The summed E-state index contributed by atoms with van der Waals surface area (Å²) >= 11 is 0. The summed E-state index contributed by atoms with van der Waals surface area (Å²) in [5.41, 5.74) is 2.59. The van der Waals surface area contributed by atoms with E-state index in [0.717, 1.165) is 51.1 Å². The second kappa shape index (κ2) is 9.99. The first-order chi connectivity index (χ1) is 12.8. The number of aliphatic imine (C=N–C) groups is 1. The van der Waals surface area contributed by atoms with Crippen molar-refractivity contribution in [2.75, 3.05) is 32.8 Å². The molecule has 0 aliphatic carbocycles. The maximum atomic E-state index is 5.44. The van der Waals surface area contributed by atoms with Gasteiger partial charge in [0, 0.05) is 26.2 Å². The smallest absolute Gasteiger partial charge is 0.191 e. The van der Waals surface area contributed by atoms with Gasteiger partial charge in [0.2, 0.25) is 0 Å². The van der Waals surface area contributed by atoms with Crippen LogP contribution < -0.4 is 10.6 Å². The molecule has 0 radical (unpaired) electrons. The van der Waals surface area contributed by atoms with E-state index in [-0.39, 0.29) is 0 Å². The van der Waals surface area contributed by atoms with E-state index in [2.05, 4.69) is 46.7 Å². The highest BCUT2D eigenvalue weighted by Crippen LogP contribution is 2.14. The summed E-state index contributed by atoms with van der Waals surface area (Å²) in [4.78, 5) is 7.18. The average molecular weight is 356 g/mol. The number of furan rings is 1. The van der Waals surface area contributed by atoms with E-state index in [0.29, 0.717) is 13.1 Å². The summed E-state index contributed by atoms with van der Waals surface area (Å²) in [7, 11) is 0. The minimum absolute atomic E-state index is 0.619. The first kappa shape index (κ1) is 18.5. The number of ether oxygens (including phenoxy) is 1. The number of nitrogens with zero attached hydrogens (tertiary/aromatic N) is 2. The van der Waals surface area contributed by atoms with Gasteiger partial charge in [-0.2, -0.15) is 0 Å². The Labute approximate surface area is 155 Å². The van der Waals surface area contributed by atoms with Crippen molar-refractivity contribution in [2.24, 2.45) is 4.99 Å². The van der Waals surface area contributed by atoms with Gasteiger partial charge < -0.3 is 19.8 Å². The lowest BCUT2D eigenvalue weighted by Gasteiger charge is -2.27. The maximum Gasteiger partial charge on any atom is 0.191 e. The largest absolute Gasteiger partial charge is 0.467 e. The molecule has 2 aromatic rings. The van der Waals surface area contributed by atoms with Crippen molar-refractivity contribution in [3.63, 3.8) is 0 Å². The molecular formula is C20H28N4O2. The number of guanidine groups is 1. The Kier molecular flexibility index (Phi) is 7.10. The van der Waals surface area contributed by atoms with Crippen LogP contribution in [0.3, 0.4) is 0 Å². The number of morpholine rings is 1. The van der Waals surface area contributed by atoms with Crippen molar-refractivity contribution >= 4 is 5.96 Å². The molecule has 3 rings (SSSR count). The Morgan fingerprint density at radius 3 is 2.62 bits per heavy atom. The van der Waals surface area contributed by atoms with Gasteiger partial charge >= 0.3 is 0 Å². The molecule has 26 heavy (non-hydrogen) atoms. The van der Waals surface area contributed by atoms with Gasteiger partial charge in [0.1, 0.15) is 5.76 Å². The monoisotopic (exact) mass is 356 g/mol. The molecule has 6 heteroatoms. The Morgan fingerprint density at radius 1 is 1.08 bits per heavy atom. The fourth-order valence-corrected chi connectivity index (χ4v) is 2.96. The molecule has 1 aliphatic heterocycles. The molecule has 0 amide bonds. The number of benzene rings is 1. The van der Waals surface area contributed by atoms with Gasteiger partial charge in [0.15, 0.2) is 5.96 Å². The highest BCUT2D eigenvalue weighted by atomic mass is 16.5. The van der Waals surface area contributed by atoms with Crippen LogP contribution in [0, 0.1) is 0 Å². The number of rotatable bonds is 7. The van der Waals surface area contributed by atoms with Crippen molar-refractivity contribution in [1.82, 2.24) is 15.5 Å². The summed E-state index contributed by atoms with van der Waals surface area (Å²) in [5.74, 6) is 1.69. The first-order valence-corrected chi connectivity index (χ1v) is 9.26. The summed E-state index contributed by atoms with van der Waals surface area (Å²) in [6.07, 6.45) is 1.68. The van der Waals surface area contributed by atoms with Crippen molar-refractivity contribution in [3.05, 3.63) is 59.5 Å². The standard InChI is InChI=1S/C20H28N4O2/c1-2-21-20(23-15-19-8-5-11-26-19)22-14-17-6-3-4-7-18(17)16-24-9-12-25-13-10-24/h3-8,11H,2,9-10,12-16H2,1H3,(H2,21,22,23). The SMILES string of the molecule is CCNC(=NCc1ccccc1CN1CCOCC1)NCc1ccco1. The molecular weight excluding hydrogens is 328 g/mol. The van der Waals surface area contributed by atoms with Crippen LogP contribution in [0.4, 0.5) is 0 Å². The molecule has 0 saturated carbocycles. The quantitative estimate of drug-likeness (QED) is 0.589. The van der Waals surface area contributed by atoms with Crippen molar-refractivity contribution < 1.29 is 9.15 Å². The molecule has 1 fully saturated rings. The van der Waals surface area contributed by atoms with Gasteiger partial charge in [-0.05, 0) is 30.2 Å². The van der Waals surface area contributed by atoms with Crippen LogP contribution in [0.1, 0.15) is 23.8 Å². The Hall–Kier alpha value is -2.31. The highest BCUT2D eigenvalue weighted by Gasteiger charge is 2.12. The van der Waals surface area contributed by atoms with Crippen molar-refractivity contribution in [1.29, 1.82) is 0 Å².